The molecular formula is C13H17N2. The Bertz CT molecular complexity index is 308. The number of nitrogens with zero attached hydrogens (tertiary/aromatic N) is 2. The van der Waals surface area contributed by atoms with E-state index in [0.29, 0.717) is 6.04 Å². The van der Waals surface area contributed by atoms with Gasteiger partial charge in [-0.3, -0.25) is 0 Å². The fourth-order valence-electron chi connectivity index (χ4n) is 1.98. The van der Waals surface area contributed by atoms with Crippen LogP contribution in [0.15, 0.2) is 43.0 Å². The minimum Gasteiger partial charge on any atom is -0.369 e. The first-order chi connectivity index (χ1) is 7.40. The molecule has 79 valence electrons. The number of hydrogen-bond donors (Lipinski definition) is 0. The highest BCUT2D eigenvalue weighted by Crippen LogP contribution is 2.16. The van der Waals surface area contributed by atoms with Crippen LogP contribution in [0, 0.1) is 0 Å². The predicted octanol–water partition coefficient (Wildman–Crippen LogP) is 2.06. The number of anilines is 1. The van der Waals surface area contributed by atoms with E-state index >= 15 is 0 Å². The Kier molecular flexibility index (Phi) is 3.41. The molecule has 1 aromatic rings. The summed E-state index contributed by atoms with van der Waals surface area (Å²) in [6, 6.07) is 11.0. The third kappa shape index (κ3) is 2.60. The lowest BCUT2D eigenvalue weighted by Gasteiger charge is -2.33. The monoisotopic (exact) mass is 201 g/mol. The second kappa shape index (κ2) is 4.99. The van der Waals surface area contributed by atoms with E-state index in [1.807, 2.05) is 6.08 Å². The predicted molar refractivity (Wildman–Crippen MR) is 64.3 cm³/mol. The second-order valence-electron chi connectivity index (χ2n) is 3.87. The highest BCUT2D eigenvalue weighted by molar-refractivity contribution is 5.46. The van der Waals surface area contributed by atoms with E-state index in [4.69, 9.17) is 0 Å². The summed E-state index contributed by atoms with van der Waals surface area (Å²) in [6.45, 7) is 6.78. The van der Waals surface area contributed by atoms with Crippen LogP contribution in [-0.4, -0.2) is 25.7 Å². The molecular weight excluding hydrogens is 184 g/mol. The van der Waals surface area contributed by atoms with Gasteiger partial charge >= 0.3 is 0 Å². The van der Waals surface area contributed by atoms with Crippen molar-refractivity contribution in [3.8, 4) is 0 Å². The summed E-state index contributed by atoms with van der Waals surface area (Å²) in [5.74, 6) is 0. The van der Waals surface area contributed by atoms with Gasteiger partial charge in [0.2, 0.25) is 0 Å². The first-order valence-corrected chi connectivity index (χ1v) is 5.47. The molecule has 0 amide bonds. The maximum absolute atomic E-state index is 4.58. The van der Waals surface area contributed by atoms with Crippen LogP contribution >= 0.6 is 0 Å². The lowest BCUT2D eigenvalue weighted by Crippen LogP contribution is -2.46. The van der Waals surface area contributed by atoms with Crippen LogP contribution in [-0.2, 0) is 0 Å². The SMILES string of the molecule is C=CCC1CN(c2ccccc2)CC[N]1. The van der Waals surface area contributed by atoms with Crippen LogP contribution in [0.25, 0.3) is 0 Å². The standard InChI is InChI=1S/C13H17N2/c1-2-6-12-11-15(10-9-14-12)13-7-4-3-5-8-13/h2-5,7-8,12H,1,6,9-11H2. The van der Waals surface area contributed by atoms with Crippen molar-refractivity contribution < 1.29 is 0 Å². The lowest BCUT2D eigenvalue weighted by atomic mass is 10.1. The zero-order valence-corrected chi connectivity index (χ0v) is 8.97. The maximum Gasteiger partial charge on any atom is 0.0456 e. The van der Waals surface area contributed by atoms with Crippen molar-refractivity contribution in [1.82, 2.24) is 5.32 Å². The molecule has 1 radical (unpaired) electrons. The second-order valence-corrected chi connectivity index (χ2v) is 3.87. The number of piperazine rings is 1. The van der Waals surface area contributed by atoms with Crippen molar-refractivity contribution in [3.63, 3.8) is 0 Å². The summed E-state index contributed by atoms with van der Waals surface area (Å²) in [7, 11) is 0. The Labute approximate surface area is 91.6 Å². The van der Waals surface area contributed by atoms with Crippen LogP contribution in [0.1, 0.15) is 6.42 Å². The fourth-order valence-corrected chi connectivity index (χ4v) is 1.98. The van der Waals surface area contributed by atoms with E-state index in [-0.39, 0.29) is 0 Å². The van der Waals surface area contributed by atoms with Crippen molar-refractivity contribution in [3.05, 3.63) is 43.0 Å². The molecule has 1 saturated heterocycles. The molecule has 2 heteroatoms. The Morgan fingerprint density at radius 1 is 1.40 bits per heavy atom. The zero-order valence-electron chi connectivity index (χ0n) is 8.97. The number of rotatable bonds is 3. The maximum atomic E-state index is 4.58. The van der Waals surface area contributed by atoms with Crippen molar-refractivity contribution in [2.24, 2.45) is 0 Å². The molecule has 0 bridgehead atoms. The first-order valence-electron chi connectivity index (χ1n) is 5.47. The highest BCUT2D eigenvalue weighted by Gasteiger charge is 2.18. The summed E-state index contributed by atoms with van der Waals surface area (Å²) < 4.78 is 0. The van der Waals surface area contributed by atoms with Gasteiger partial charge in [-0.25, -0.2) is 5.32 Å². The highest BCUT2D eigenvalue weighted by atomic mass is 15.2. The minimum atomic E-state index is 0.427. The molecule has 0 saturated carbocycles. The molecule has 2 nitrogen and oxygen atoms in total. The third-order valence-corrected chi connectivity index (χ3v) is 2.75. The molecule has 0 N–H and O–H groups in total. The summed E-state index contributed by atoms with van der Waals surface area (Å²) in [5, 5.41) is 4.58. The van der Waals surface area contributed by atoms with Crippen molar-refractivity contribution in [2.45, 2.75) is 12.5 Å². The van der Waals surface area contributed by atoms with Gasteiger partial charge in [0, 0.05) is 31.4 Å². The van der Waals surface area contributed by atoms with E-state index in [2.05, 4.69) is 47.1 Å². The van der Waals surface area contributed by atoms with Crippen LogP contribution in [0.4, 0.5) is 5.69 Å². The quantitative estimate of drug-likeness (QED) is 0.684. The Morgan fingerprint density at radius 2 is 2.20 bits per heavy atom. The van der Waals surface area contributed by atoms with Gasteiger partial charge < -0.3 is 4.90 Å². The van der Waals surface area contributed by atoms with E-state index in [0.717, 1.165) is 26.1 Å². The Hall–Kier alpha value is -1.28. The van der Waals surface area contributed by atoms with Gasteiger partial charge in [-0.05, 0) is 18.6 Å². The minimum absolute atomic E-state index is 0.427. The molecule has 15 heavy (non-hydrogen) atoms. The Morgan fingerprint density at radius 3 is 2.93 bits per heavy atom. The summed E-state index contributed by atoms with van der Waals surface area (Å²) in [4.78, 5) is 2.40. The van der Waals surface area contributed by atoms with Crippen LogP contribution in [0.3, 0.4) is 0 Å². The molecule has 0 aromatic heterocycles. The average Bonchev–Trinajstić information content (AvgIpc) is 2.31. The van der Waals surface area contributed by atoms with Crippen molar-refractivity contribution >= 4 is 5.69 Å². The van der Waals surface area contributed by atoms with Crippen molar-refractivity contribution in [1.29, 1.82) is 0 Å². The van der Waals surface area contributed by atoms with Gasteiger partial charge in [0.15, 0.2) is 0 Å². The molecule has 1 atom stereocenters. The molecule has 2 rings (SSSR count). The largest absolute Gasteiger partial charge is 0.369 e. The van der Waals surface area contributed by atoms with Gasteiger partial charge in [0.05, 0.1) is 0 Å². The number of para-hydroxylation sites is 1. The van der Waals surface area contributed by atoms with Gasteiger partial charge in [0.25, 0.3) is 0 Å². The first kappa shape index (κ1) is 10.2. The number of benzene rings is 1. The topological polar surface area (TPSA) is 17.3 Å². The van der Waals surface area contributed by atoms with Gasteiger partial charge in [-0.1, -0.05) is 24.3 Å². The normalized spacial score (nSPS) is 21.3. The molecule has 1 aromatic carbocycles. The molecule has 0 aliphatic carbocycles. The van der Waals surface area contributed by atoms with Gasteiger partial charge in [0.1, 0.15) is 0 Å². The van der Waals surface area contributed by atoms with Gasteiger partial charge in [-0.2, -0.15) is 0 Å². The molecule has 0 spiro atoms. The fraction of sp³-hybridized carbons (Fsp3) is 0.385. The van der Waals surface area contributed by atoms with E-state index < -0.39 is 0 Å². The van der Waals surface area contributed by atoms with Crippen LogP contribution in [0.5, 0.6) is 0 Å². The lowest BCUT2D eigenvalue weighted by molar-refractivity contribution is 0.451. The van der Waals surface area contributed by atoms with E-state index in [9.17, 15) is 0 Å². The molecule has 1 heterocycles. The summed E-state index contributed by atoms with van der Waals surface area (Å²) in [6.07, 6.45) is 2.95. The van der Waals surface area contributed by atoms with Crippen LogP contribution in [0.2, 0.25) is 0 Å². The van der Waals surface area contributed by atoms with E-state index in [1.54, 1.807) is 0 Å². The van der Waals surface area contributed by atoms with Crippen LogP contribution < -0.4 is 10.2 Å². The van der Waals surface area contributed by atoms with Gasteiger partial charge in [-0.15, -0.1) is 6.58 Å². The molecule has 1 aliphatic rings. The van der Waals surface area contributed by atoms with E-state index in [1.165, 1.54) is 5.69 Å². The van der Waals surface area contributed by atoms with Crippen molar-refractivity contribution in [2.75, 3.05) is 24.5 Å². The zero-order chi connectivity index (χ0) is 10.5. The molecule has 1 unspecified atom stereocenters. The Balaban J connectivity index is 2.01. The molecule has 1 fully saturated rings. The summed E-state index contributed by atoms with van der Waals surface area (Å²) in [5.41, 5.74) is 1.31. The summed E-state index contributed by atoms with van der Waals surface area (Å²) >= 11 is 0. The smallest absolute Gasteiger partial charge is 0.0456 e. The third-order valence-electron chi connectivity index (χ3n) is 2.75. The number of hydrogen-bond acceptors (Lipinski definition) is 1. The average molecular weight is 201 g/mol. The molecule has 1 aliphatic heterocycles.